The molecule has 1 amide bonds. The predicted octanol–water partition coefficient (Wildman–Crippen LogP) is 26.7. The van der Waals surface area contributed by atoms with Crippen molar-refractivity contribution in [3.05, 3.63) is 122 Å². The number of hydrogen-bond acceptors (Lipinski definition) is 5. The second-order valence-corrected chi connectivity index (χ2v) is 29.8. The smallest absolute Gasteiger partial charge is 0.387 e. The summed E-state index contributed by atoms with van der Waals surface area (Å²) in [6, 6.07) is -0.877. The van der Waals surface area contributed by atoms with Crippen molar-refractivity contribution >= 4 is 13.7 Å². The molecule has 0 saturated heterocycles. The van der Waals surface area contributed by atoms with Gasteiger partial charge >= 0.3 is 7.82 Å². The highest BCUT2D eigenvalue weighted by atomic mass is 31.2. The Morgan fingerprint density at radius 2 is 0.642 bits per heavy atom. The third-order valence-electron chi connectivity index (χ3n) is 17.9. The zero-order valence-electron chi connectivity index (χ0n) is 63.1. The minimum Gasteiger partial charge on any atom is -0.387 e. The molecule has 0 rings (SSSR count). The fraction of sp³-hybridized carbons (Fsp3) is 0.756. The summed E-state index contributed by atoms with van der Waals surface area (Å²) in [4.78, 5) is 23.5. The summed E-state index contributed by atoms with van der Waals surface area (Å²) in [5.74, 6) is -0.188. The van der Waals surface area contributed by atoms with Crippen LogP contribution in [0.15, 0.2) is 122 Å². The molecule has 95 heavy (non-hydrogen) atoms. The lowest BCUT2D eigenvalue weighted by Crippen LogP contribution is -2.45. The summed E-state index contributed by atoms with van der Waals surface area (Å²) in [5.41, 5.74) is 0. The molecule has 9 heteroatoms. The second kappa shape index (κ2) is 75.1. The number of aliphatic hydroxyl groups is 1. The summed E-state index contributed by atoms with van der Waals surface area (Å²) in [6.45, 7) is 4.71. The third kappa shape index (κ3) is 78.1. The summed E-state index contributed by atoms with van der Waals surface area (Å²) in [7, 11) is 1.55. The molecule has 0 heterocycles. The first-order valence-electron chi connectivity index (χ1n) is 40.4. The lowest BCUT2D eigenvalue weighted by atomic mass is 10.0. The fourth-order valence-corrected chi connectivity index (χ4v) is 12.4. The standard InChI is InChI=1S/C86H155N2O6P/c1-6-8-10-12-14-16-18-20-22-24-26-28-30-32-34-36-38-40-41-42-43-44-45-46-47-48-50-52-54-56-58-60-62-64-66-68-70-72-74-76-78-80-86(90)87-84(83-94-95(91,92)93-82-81-88(3,4)5)85(89)79-77-75-73-71-69-67-65-63-61-59-57-55-53-51-49-39-37-35-33-31-29-27-25-23-21-19-17-15-13-11-9-7-2/h8,10,14,16,20,22,26,28,32,34,38,40,42-43,61,63,69,71,77,79,84-85,89H,6-7,9,11-13,15,17-19,21,23-25,27,29-31,33,35-37,39,41,44-60,62,64-68,70,72-76,78,80-83H2,1-5H3,(H-,87,90,91,92)/p+1/b10-8-,16-14-,22-20-,28-26-,34-32-,40-38-,43-42-,63-61+,71-69+,79-77+. The number of phosphoric acid groups is 1. The SMILES string of the molecule is CC/C=C\C/C=C\C/C=C\C/C=C\C/C=C\C/C=C\C/C=C\CCCCCCCCCCCCCCCCCCCCCC(=O)NC(COP(=O)(O)OCC[N+](C)(C)C)C(O)/C=C/CC/C=C/CC/C=C/CCCCCCCCCCCCCCCCCCCCCCCC. The van der Waals surface area contributed by atoms with E-state index in [0.717, 1.165) is 89.9 Å². The molecule has 0 saturated carbocycles. The van der Waals surface area contributed by atoms with Crippen LogP contribution in [0.3, 0.4) is 0 Å². The van der Waals surface area contributed by atoms with E-state index >= 15 is 0 Å². The second-order valence-electron chi connectivity index (χ2n) is 28.4. The van der Waals surface area contributed by atoms with Gasteiger partial charge in [0.05, 0.1) is 39.9 Å². The van der Waals surface area contributed by atoms with Crippen LogP contribution in [0.4, 0.5) is 0 Å². The number of nitrogens with one attached hydrogen (secondary N) is 1. The van der Waals surface area contributed by atoms with Gasteiger partial charge in [0.15, 0.2) is 0 Å². The monoisotopic (exact) mass is 1340 g/mol. The average Bonchev–Trinajstić information content (AvgIpc) is 2.01. The van der Waals surface area contributed by atoms with Crippen molar-refractivity contribution in [2.45, 2.75) is 379 Å². The van der Waals surface area contributed by atoms with Gasteiger partial charge in [-0.3, -0.25) is 13.8 Å². The maximum absolute atomic E-state index is 13.1. The number of hydrogen-bond donors (Lipinski definition) is 3. The topological polar surface area (TPSA) is 105 Å². The Kier molecular flexibility index (Phi) is 72.7. The largest absolute Gasteiger partial charge is 0.472 e. The van der Waals surface area contributed by atoms with Crippen LogP contribution >= 0.6 is 7.82 Å². The van der Waals surface area contributed by atoms with Gasteiger partial charge in [0.1, 0.15) is 13.2 Å². The van der Waals surface area contributed by atoms with Gasteiger partial charge in [0.25, 0.3) is 0 Å². The van der Waals surface area contributed by atoms with Crippen LogP contribution in [0, 0.1) is 0 Å². The summed E-state index contributed by atoms with van der Waals surface area (Å²) in [5, 5.41) is 14.0. The molecule has 0 radical (unpaired) electrons. The van der Waals surface area contributed by atoms with Gasteiger partial charge in [-0.05, 0) is 103 Å². The molecule has 3 atom stereocenters. The molecular formula is C86H156N2O6P+. The Hall–Kier alpha value is -3.10. The maximum Gasteiger partial charge on any atom is 0.472 e. The summed E-state index contributed by atoms with van der Waals surface area (Å²) < 4.78 is 23.9. The van der Waals surface area contributed by atoms with Crippen LogP contribution < -0.4 is 5.32 Å². The zero-order valence-corrected chi connectivity index (χ0v) is 64.0. The zero-order chi connectivity index (χ0) is 69.0. The van der Waals surface area contributed by atoms with Crippen LogP contribution in [-0.2, 0) is 18.4 Å². The molecule has 0 aliphatic carbocycles. The van der Waals surface area contributed by atoms with E-state index in [1.807, 2.05) is 27.2 Å². The Morgan fingerprint density at radius 3 is 0.968 bits per heavy atom. The van der Waals surface area contributed by atoms with Crippen LogP contribution in [0.2, 0.25) is 0 Å². The minimum absolute atomic E-state index is 0.0508. The molecule has 0 bridgehead atoms. The molecule has 0 aromatic rings. The van der Waals surface area contributed by atoms with E-state index in [9.17, 15) is 19.4 Å². The van der Waals surface area contributed by atoms with E-state index in [4.69, 9.17) is 9.05 Å². The number of amides is 1. The lowest BCUT2D eigenvalue weighted by Gasteiger charge is -2.25. The number of phosphoric ester groups is 1. The Balaban J connectivity index is 4.03. The van der Waals surface area contributed by atoms with Gasteiger partial charge in [0, 0.05) is 6.42 Å². The number of nitrogens with zero attached hydrogens (tertiary/aromatic N) is 1. The Labute approximate surface area is 590 Å². The minimum atomic E-state index is -4.38. The summed E-state index contributed by atoms with van der Waals surface area (Å²) in [6.07, 6.45) is 113. The van der Waals surface area contributed by atoms with Gasteiger partial charge in [-0.1, -0.05) is 379 Å². The van der Waals surface area contributed by atoms with Crippen molar-refractivity contribution in [3.8, 4) is 0 Å². The molecule has 0 aromatic heterocycles. The number of carbonyl (C=O) groups is 1. The molecular weight excluding hydrogens is 1190 g/mol. The maximum atomic E-state index is 13.1. The van der Waals surface area contributed by atoms with Crippen molar-refractivity contribution in [3.63, 3.8) is 0 Å². The van der Waals surface area contributed by atoms with Crippen molar-refractivity contribution in [1.29, 1.82) is 0 Å². The molecule has 0 fully saturated rings. The first-order chi connectivity index (χ1) is 46.5. The van der Waals surface area contributed by atoms with E-state index in [1.165, 1.54) is 257 Å². The number of quaternary nitrogens is 1. The molecule has 3 N–H and O–H groups in total. The van der Waals surface area contributed by atoms with E-state index in [-0.39, 0.29) is 19.1 Å². The molecule has 550 valence electrons. The molecule has 0 spiro atoms. The highest BCUT2D eigenvalue weighted by Gasteiger charge is 2.28. The molecule has 0 aliphatic rings. The Morgan fingerprint density at radius 1 is 0.368 bits per heavy atom. The van der Waals surface area contributed by atoms with Crippen LogP contribution in [0.5, 0.6) is 0 Å². The number of aliphatic hydroxyl groups excluding tert-OH is 1. The van der Waals surface area contributed by atoms with Crippen LogP contribution in [0.1, 0.15) is 367 Å². The highest BCUT2D eigenvalue weighted by molar-refractivity contribution is 7.47. The van der Waals surface area contributed by atoms with Crippen molar-refractivity contribution in [2.24, 2.45) is 0 Å². The molecule has 8 nitrogen and oxygen atoms in total. The van der Waals surface area contributed by atoms with Gasteiger partial charge < -0.3 is 19.8 Å². The van der Waals surface area contributed by atoms with Crippen molar-refractivity contribution in [1.82, 2.24) is 5.32 Å². The fourth-order valence-electron chi connectivity index (χ4n) is 11.7. The predicted molar refractivity (Wildman–Crippen MR) is 419 cm³/mol. The number of unbranched alkanes of at least 4 members (excludes halogenated alkanes) is 43. The first kappa shape index (κ1) is 91.9. The number of rotatable bonds is 74. The third-order valence-corrected chi connectivity index (χ3v) is 18.9. The summed E-state index contributed by atoms with van der Waals surface area (Å²) >= 11 is 0. The van der Waals surface area contributed by atoms with Gasteiger partial charge in [0.2, 0.25) is 5.91 Å². The van der Waals surface area contributed by atoms with E-state index in [2.05, 4.69) is 129 Å². The van der Waals surface area contributed by atoms with Crippen molar-refractivity contribution in [2.75, 3.05) is 40.9 Å². The van der Waals surface area contributed by atoms with Gasteiger partial charge in [-0.2, -0.15) is 0 Å². The van der Waals surface area contributed by atoms with Gasteiger partial charge in [-0.15, -0.1) is 0 Å². The number of allylic oxidation sites excluding steroid dienone is 19. The lowest BCUT2D eigenvalue weighted by molar-refractivity contribution is -0.870. The van der Waals surface area contributed by atoms with Gasteiger partial charge in [-0.25, -0.2) is 4.57 Å². The average molecular weight is 1350 g/mol. The quantitative estimate of drug-likeness (QED) is 0.0243. The number of likely N-dealkylation sites (N-methyl/N-ethyl adjacent to an activating group) is 1. The molecule has 0 aliphatic heterocycles. The normalized spacial score (nSPS) is 14.1. The first-order valence-corrected chi connectivity index (χ1v) is 41.9. The number of carbonyl (C=O) groups excluding carboxylic acids is 1. The molecule has 0 aromatic carbocycles. The highest BCUT2D eigenvalue weighted by Crippen LogP contribution is 2.43. The van der Waals surface area contributed by atoms with E-state index in [0.29, 0.717) is 17.4 Å². The van der Waals surface area contributed by atoms with Crippen LogP contribution in [-0.4, -0.2) is 73.4 Å². The van der Waals surface area contributed by atoms with E-state index in [1.54, 1.807) is 6.08 Å². The van der Waals surface area contributed by atoms with Crippen molar-refractivity contribution < 1.29 is 32.9 Å². The Bertz CT molecular complexity index is 1970. The van der Waals surface area contributed by atoms with Crippen LogP contribution in [0.25, 0.3) is 0 Å². The molecule has 3 unspecified atom stereocenters. The van der Waals surface area contributed by atoms with E-state index < -0.39 is 20.0 Å².